The lowest BCUT2D eigenvalue weighted by atomic mass is 9.75. The molecular weight excluding hydrogens is 462 g/mol. The highest BCUT2D eigenvalue weighted by Gasteiger charge is 2.40. The molecule has 8 nitrogen and oxygen atoms in total. The monoisotopic (exact) mass is 505 g/mol. The van der Waals surface area contributed by atoms with Crippen LogP contribution in [0.3, 0.4) is 0 Å². The van der Waals surface area contributed by atoms with Crippen LogP contribution in [0.15, 0.2) is 12.1 Å². The Kier molecular flexibility index (Phi) is 11.2. The number of likely N-dealkylation sites (tertiary alicyclic amines) is 1. The van der Waals surface area contributed by atoms with Crippen LogP contribution < -0.4 is 14.2 Å². The van der Waals surface area contributed by atoms with Gasteiger partial charge in [-0.05, 0) is 68.6 Å². The molecule has 1 aliphatic carbocycles. The van der Waals surface area contributed by atoms with E-state index in [1.165, 1.54) is 6.42 Å². The van der Waals surface area contributed by atoms with Gasteiger partial charge >= 0.3 is 5.97 Å². The van der Waals surface area contributed by atoms with Crippen LogP contribution in [-0.2, 0) is 19.1 Å². The summed E-state index contributed by atoms with van der Waals surface area (Å²) in [6, 6.07) is 3.25. The molecule has 0 radical (unpaired) electrons. The molecule has 0 spiro atoms. The smallest absolute Gasteiger partial charge is 0.328 e. The average Bonchev–Trinajstić information content (AvgIpc) is 2.92. The number of nitrogens with zero attached hydrogens (tertiary/aromatic N) is 1. The number of rotatable bonds is 12. The molecule has 2 aliphatic rings. The van der Waals surface area contributed by atoms with Gasteiger partial charge in [0.1, 0.15) is 6.04 Å². The van der Waals surface area contributed by atoms with Crippen molar-refractivity contribution in [1.29, 1.82) is 0 Å². The van der Waals surface area contributed by atoms with Crippen molar-refractivity contribution in [2.45, 2.75) is 76.2 Å². The van der Waals surface area contributed by atoms with E-state index < -0.39 is 6.04 Å². The number of ether oxygens (including phenoxy) is 5. The number of carbonyl (C=O) groups is 2. The Morgan fingerprint density at radius 1 is 0.861 bits per heavy atom. The number of unbranched alkanes of at least 4 members (excludes halogenated alkanes) is 1. The summed E-state index contributed by atoms with van der Waals surface area (Å²) in [5, 5.41) is 0. The van der Waals surface area contributed by atoms with Gasteiger partial charge in [0.15, 0.2) is 11.5 Å². The molecular formula is C28H43NO7. The lowest BCUT2D eigenvalue weighted by Gasteiger charge is -2.39. The van der Waals surface area contributed by atoms with E-state index in [9.17, 15) is 9.59 Å². The molecule has 2 atom stereocenters. The number of carbonyl (C=O) groups excluding carboxylic acids is 2. The second kappa shape index (κ2) is 14.3. The van der Waals surface area contributed by atoms with Gasteiger partial charge in [-0.25, -0.2) is 4.79 Å². The molecule has 0 bridgehead atoms. The maximum atomic E-state index is 14.3. The highest BCUT2D eigenvalue weighted by atomic mass is 16.5. The highest BCUT2D eigenvalue weighted by molar-refractivity contribution is 5.89. The van der Waals surface area contributed by atoms with E-state index in [1.54, 1.807) is 33.3 Å². The lowest BCUT2D eigenvalue weighted by molar-refractivity contribution is -0.158. The minimum absolute atomic E-state index is 0.00259. The zero-order chi connectivity index (χ0) is 25.9. The molecule has 202 valence electrons. The molecule has 1 aliphatic heterocycles. The third-order valence-corrected chi connectivity index (χ3v) is 7.48. The van der Waals surface area contributed by atoms with Crippen molar-refractivity contribution >= 4 is 11.9 Å². The van der Waals surface area contributed by atoms with Gasteiger partial charge < -0.3 is 28.6 Å². The van der Waals surface area contributed by atoms with E-state index in [-0.39, 0.29) is 23.7 Å². The summed E-state index contributed by atoms with van der Waals surface area (Å²) in [7, 11) is 6.40. The van der Waals surface area contributed by atoms with Gasteiger partial charge in [-0.3, -0.25) is 4.79 Å². The predicted octanol–water partition coefficient (Wildman–Crippen LogP) is 4.73. The first-order valence-corrected chi connectivity index (χ1v) is 13.3. The second-order valence-corrected chi connectivity index (χ2v) is 9.75. The summed E-state index contributed by atoms with van der Waals surface area (Å²) < 4.78 is 27.4. The summed E-state index contributed by atoms with van der Waals surface area (Å²) in [6.07, 6.45) is 9.37. The first-order chi connectivity index (χ1) is 17.5. The second-order valence-electron chi connectivity index (χ2n) is 9.75. The van der Waals surface area contributed by atoms with Gasteiger partial charge in [0.05, 0.1) is 33.9 Å². The molecule has 1 saturated carbocycles. The standard InChI is InChI=1S/C28H43NO7/c1-32-16-10-11-17-36-28(31)22-14-8-9-15-29(22)27(30)25(20-12-6-5-7-13-20)21-18-23(33-2)26(35-4)24(19-21)34-3/h18-20,22,25H,5-17H2,1-4H3/t22-,25-/m0/s1. The Hall–Kier alpha value is -2.48. The van der Waals surface area contributed by atoms with Crippen molar-refractivity contribution in [3.05, 3.63) is 17.7 Å². The van der Waals surface area contributed by atoms with Crippen molar-refractivity contribution in [1.82, 2.24) is 4.90 Å². The molecule has 0 unspecified atom stereocenters. The fourth-order valence-corrected chi connectivity index (χ4v) is 5.60. The molecule has 1 aromatic carbocycles. The van der Waals surface area contributed by atoms with E-state index in [1.807, 2.05) is 12.1 Å². The van der Waals surface area contributed by atoms with E-state index in [4.69, 9.17) is 23.7 Å². The van der Waals surface area contributed by atoms with Gasteiger partial charge in [-0.2, -0.15) is 0 Å². The van der Waals surface area contributed by atoms with E-state index in [0.29, 0.717) is 43.4 Å². The van der Waals surface area contributed by atoms with Crippen molar-refractivity contribution < 1.29 is 33.3 Å². The minimum atomic E-state index is -0.540. The number of benzene rings is 1. The maximum absolute atomic E-state index is 14.3. The quantitative estimate of drug-likeness (QED) is 0.300. The van der Waals surface area contributed by atoms with Crippen LogP contribution >= 0.6 is 0 Å². The van der Waals surface area contributed by atoms with Crippen molar-refractivity contribution in [3.63, 3.8) is 0 Å². The lowest BCUT2D eigenvalue weighted by Crippen LogP contribution is -2.51. The normalized spacial score (nSPS) is 19.4. The molecule has 0 aromatic heterocycles. The number of esters is 1. The molecule has 0 N–H and O–H groups in total. The Labute approximate surface area is 215 Å². The van der Waals surface area contributed by atoms with Crippen molar-refractivity contribution in [3.8, 4) is 17.2 Å². The fourth-order valence-electron chi connectivity index (χ4n) is 5.60. The van der Waals surface area contributed by atoms with E-state index >= 15 is 0 Å². The first-order valence-electron chi connectivity index (χ1n) is 13.3. The molecule has 8 heteroatoms. The van der Waals surface area contributed by atoms with Gasteiger partial charge in [0.2, 0.25) is 11.7 Å². The van der Waals surface area contributed by atoms with Crippen LogP contribution in [0.1, 0.15) is 75.7 Å². The zero-order valence-corrected chi connectivity index (χ0v) is 22.4. The zero-order valence-electron chi connectivity index (χ0n) is 22.4. The van der Waals surface area contributed by atoms with Crippen LogP contribution in [-0.4, -0.2) is 71.0 Å². The van der Waals surface area contributed by atoms with E-state index in [2.05, 4.69) is 0 Å². The Bertz CT molecular complexity index is 827. The van der Waals surface area contributed by atoms with Crippen LogP contribution in [0.4, 0.5) is 0 Å². The summed E-state index contributed by atoms with van der Waals surface area (Å²) in [6.45, 7) is 1.55. The molecule has 1 saturated heterocycles. The predicted molar refractivity (Wildman–Crippen MR) is 137 cm³/mol. The highest BCUT2D eigenvalue weighted by Crippen LogP contribution is 2.45. The molecule has 36 heavy (non-hydrogen) atoms. The summed E-state index contributed by atoms with van der Waals surface area (Å²) >= 11 is 0. The number of piperidine rings is 1. The van der Waals surface area contributed by atoms with Gasteiger partial charge in [-0.15, -0.1) is 0 Å². The van der Waals surface area contributed by atoms with Crippen LogP contribution in [0.5, 0.6) is 17.2 Å². The van der Waals surface area contributed by atoms with Crippen molar-refractivity contribution in [2.24, 2.45) is 5.92 Å². The maximum Gasteiger partial charge on any atom is 0.328 e. The molecule has 1 amide bonds. The fraction of sp³-hybridized carbons (Fsp3) is 0.714. The third kappa shape index (κ3) is 6.84. The molecule has 3 rings (SSSR count). The van der Waals surface area contributed by atoms with Crippen molar-refractivity contribution in [2.75, 3.05) is 48.2 Å². The summed E-state index contributed by atoms with van der Waals surface area (Å²) in [5.74, 6) is 1.09. The average molecular weight is 506 g/mol. The third-order valence-electron chi connectivity index (χ3n) is 7.48. The topological polar surface area (TPSA) is 83.5 Å². The van der Waals surface area contributed by atoms with Crippen LogP contribution in [0.25, 0.3) is 0 Å². The van der Waals surface area contributed by atoms with E-state index in [0.717, 1.165) is 56.9 Å². The number of hydrogen-bond donors (Lipinski definition) is 0. The summed E-state index contributed by atoms with van der Waals surface area (Å²) in [5.41, 5.74) is 0.846. The minimum Gasteiger partial charge on any atom is -0.493 e. The molecule has 1 aromatic rings. The number of hydrogen-bond acceptors (Lipinski definition) is 7. The first kappa shape index (κ1) is 28.1. The van der Waals surface area contributed by atoms with Gasteiger partial charge in [0.25, 0.3) is 0 Å². The van der Waals surface area contributed by atoms with Crippen LogP contribution in [0, 0.1) is 5.92 Å². The SMILES string of the molecule is COCCCCOC(=O)[C@@H]1CCCCN1C(=O)[C@H](c1cc(OC)c(OC)c(OC)c1)C1CCCCC1. The Balaban J connectivity index is 1.89. The molecule has 2 fully saturated rings. The Morgan fingerprint density at radius 2 is 1.50 bits per heavy atom. The Morgan fingerprint density at radius 3 is 2.11 bits per heavy atom. The largest absolute Gasteiger partial charge is 0.493 e. The number of methoxy groups -OCH3 is 4. The summed E-state index contributed by atoms with van der Waals surface area (Å²) in [4.78, 5) is 29.1. The van der Waals surface area contributed by atoms with Crippen LogP contribution in [0.2, 0.25) is 0 Å². The van der Waals surface area contributed by atoms with Gasteiger partial charge in [0, 0.05) is 20.3 Å². The molecule has 1 heterocycles. The van der Waals surface area contributed by atoms with Gasteiger partial charge in [-0.1, -0.05) is 19.3 Å². The number of amides is 1.